The number of carbonyl (C=O) groups excluding carboxylic acids is 3. The number of anilines is 1. The lowest BCUT2D eigenvalue weighted by atomic mass is 10.2. The second kappa shape index (κ2) is 10.3. The molecule has 158 valence electrons. The van der Waals surface area contributed by atoms with Crippen molar-refractivity contribution in [2.24, 2.45) is 0 Å². The van der Waals surface area contributed by atoms with E-state index >= 15 is 0 Å². The van der Waals surface area contributed by atoms with Gasteiger partial charge >= 0.3 is 5.97 Å². The van der Waals surface area contributed by atoms with Gasteiger partial charge in [0.25, 0.3) is 17.5 Å². The third-order valence-electron chi connectivity index (χ3n) is 3.58. The molecule has 0 aromatic heterocycles. The van der Waals surface area contributed by atoms with Crippen LogP contribution in [0.3, 0.4) is 0 Å². The fourth-order valence-corrected chi connectivity index (χ4v) is 2.38. The first-order chi connectivity index (χ1) is 14.2. The maximum absolute atomic E-state index is 13.5. The zero-order valence-corrected chi connectivity index (χ0v) is 15.9. The van der Waals surface area contributed by atoms with E-state index in [4.69, 9.17) is 16.3 Å². The van der Waals surface area contributed by atoms with Crippen LogP contribution in [0, 0.1) is 21.7 Å². The minimum absolute atomic E-state index is 0.0840. The van der Waals surface area contributed by atoms with E-state index < -0.39 is 46.6 Å². The van der Waals surface area contributed by atoms with Crippen molar-refractivity contribution in [2.45, 2.75) is 6.42 Å². The van der Waals surface area contributed by atoms with Crippen LogP contribution in [0.5, 0.6) is 0 Å². The fourth-order valence-electron chi connectivity index (χ4n) is 2.19. The molecule has 0 aliphatic heterocycles. The maximum Gasteiger partial charge on any atom is 0.308 e. The molecule has 2 aromatic rings. The molecule has 0 unspecified atom stereocenters. The van der Waals surface area contributed by atoms with Gasteiger partial charge in [-0.2, -0.15) is 0 Å². The van der Waals surface area contributed by atoms with Crippen LogP contribution in [-0.2, 0) is 14.3 Å². The molecule has 2 N–H and O–H groups in total. The molecule has 30 heavy (non-hydrogen) atoms. The summed E-state index contributed by atoms with van der Waals surface area (Å²) in [7, 11) is 0. The summed E-state index contributed by atoms with van der Waals surface area (Å²) in [6.45, 7) is -0.880. The van der Waals surface area contributed by atoms with E-state index in [1.54, 1.807) is 0 Å². The molecule has 0 atom stereocenters. The molecule has 0 radical (unpaired) electrons. The van der Waals surface area contributed by atoms with E-state index in [1.807, 2.05) is 0 Å². The maximum atomic E-state index is 13.5. The molecule has 0 spiro atoms. The predicted molar refractivity (Wildman–Crippen MR) is 101 cm³/mol. The van der Waals surface area contributed by atoms with Gasteiger partial charge in [0.1, 0.15) is 16.7 Å². The van der Waals surface area contributed by atoms with Crippen LogP contribution in [0.15, 0.2) is 36.4 Å². The number of rotatable bonds is 8. The quantitative estimate of drug-likeness (QED) is 0.368. The summed E-state index contributed by atoms with van der Waals surface area (Å²) in [4.78, 5) is 45.3. The first-order valence-electron chi connectivity index (χ1n) is 8.30. The summed E-state index contributed by atoms with van der Waals surface area (Å²) < 4.78 is 31.0. The lowest BCUT2D eigenvalue weighted by Gasteiger charge is -2.08. The summed E-state index contributed by atoms with van der Waals surface area (Å²) in [5.74, 6) is -4.31. The Labute approximate surface area is 173 Å². The Kier molecular flexibility index (Phi) is 7.76. The largest absolute Gasteiger partial charge is 0.456 e. The summed E-state index contributed by atoms with van der Waals surface area (Å²) in [6, 6.07) is 6.04. The van der Waals surface area contributed by atoms with Gasteiger partial charge in [-0.3, -0.25) is 24.5 Å². The van der Waals surface area contributed by atoms with Crippen molar-refractivity contribution in [2.75, 3.05) is 18.5 Å². The molecule has 9 nitrogen and oxygen atoms in total. The Morgan fingerprint density at radius 3 is 2.53 bits per heavy atom. The average Bonchev–Trinajstić information content (AvgIpc) is 2.67. The summed E-state index contributed by atoms with van der Waals surface area (Å²) in [5, 5.41) is 15.3. The summed E-state index contributed by atoms with van der Waals surface area (Å²) in [5.41, 5.74) is -0.707. The highest BCUT2D eigenvalue weighted by Gasteiger charge is 2.15. The van der Waals surface area contributed by atoms with Gasteiger partial charge in [0.15, 0.2) is 6.61 Å². The minimum Gasteiger partial charge on any atom is -0.456 e. The van der Waals surface area contributed by atoms with E-state index in [0.29, 0.717) is 6.07 Å². The first-order valence-corrected chi connectivity index (χ1v) is 8.68. The number of carbonyl (C=O) groups is 3. The molecule has 0 heterocycles. The topological polar surface area (TPSA) is 128 Å². The molecule has 2 amide bonds. The average molecular weight is 442 g/mol. The van der Waals surface area contributed by atoms with Gasteiger partial charge in [0.05, 0.1) is 16.9 Å². The van der Waals surface area contributed by atoms with Crippen molar-refractivity contribution >= 4 is 40.8 Å². The molecule has 0 bridgehead atoms. The molecule has 0 saturated heterocycles. The van der Waals surface area contributed by atoms with E-state index in [9.17, 15) is 33.3 Å². The third kappa shape index (κ3) is 6.48. The fraction of sp³-hybridized carbons (Fsp3) is 0.167. The van der Waals surface area contributed by atoms with Gasteiger partial charge in [0.2, 0.25) is 0 Å². The SMILES string of the molecule is O=C(COC(=O)CCNC(=O)c1ccc(F)cc1F)Nc1ccc(Cl)c([N+](=O)[O-])c1. The van der Waals surface area contributed by atoms with Gasteiger partial charge in [-0.25, -0.2) is 8.78 Å². The molecule has 0 saturated carbocycles. The van der Waals surface area contributed by atoms with Crippen molar-refractivity contribution in [3.05, 3.63) is 68.7 Å². The number of nitro benzene ring substituents is 1. The summed E-state index contributed by atoms with van der Waals surface area (Å²) >= 11 is 5.66. The first kappa shape index (κ1) is 22.7. The van der Waals surface area contributed by atoms with E-state index in [2.05, 4.69) is 10.6 Å². The van der Waals surface area contributed by atoms with E-state index in [0.717, 1.165) is 18.2 Å². The third-order valence-corrected chi connectivity index (χ3v) is 3.90. The molecular formula is C18H14ClF2N3O6. The van der Waals surface area contributed by atoms with Crippen LogP contribution in [0.4, 0.5) is 20.2 Å². The van der Waals surface area contributed by atoms with Gasteiger partial charge < -0.3 is 15.4 Å². The number of benzene rings is 2. The highest BCUT2D eigenvalue weighted by atomic mass is 35.5. The predicted octanol–water partition coefficient (Wildman–Crippen LogP) is 2.83. The number of ether oxygens (including phenoxy) is 1. The Bertz CT molecular complexity index is 1000. The Morgan fingerprint density at radius 1 is 1.13 bits per heavy atom. The highest BCUT2D eigenvalue weighted by Crippen LogP contribution is 2.27. The zero-order valence-electron chi connectivity index (χ0n) is 15.1. The molecule has 0 aliphatic carbocycles. The Balaban J connectivity index is 1.75. The van der Waals surface area contributed by atoms with Crippen LogP contribution in [0.1, 0.15) is 16.8 Å². The van der Waals surface area contributed by atoms with Crippen LogP contribution in [-0.4, -0.2) is 35.9 Å². The van der Waals surface area contributed by atoms with Crippen molar-refractivity contribution in [3.8, 4) is 0 Å². The van der Waals surface area contributed by atoms with Crippen LogP contribution in [0.2, 0.25) is 5.02 Å². The van der Waals surface area contributed by atoms with Gasteiger partial charge in [-0.15, -0.1) is 0 Å². The van der Waals surface area contributed by atoms with Crippen molar-refractivity contribution in [1.29, 1.82) is 0 Å². The highest BCUT2D eigenvalue weighted by molar-refractivity contribution is 6.32. The molecule has 2 aromatic carbocycles. The second-order valence-corrected chi connectivity index (χ2v) is 6.17. The molecular weight excluding hydrogens is 428 g/mol. The van der Waals surface area contributed by atoms with Crippen LogP contribution < -0.4 is 10.6 Å². The number of halogens is 3. The zero-order chi connectivity index (χ0) is 22.3. The number of hydrogen-bond donors (Lipinski definition) is 2. The lowest BCUT2D eigenvalue weighted by molar-refractivity contribution is -0.384. The summed E-state index contributed by atoms with van der Waals surface area (Å²) in [6.07, 6.45) is -0.311. The molecule has 0 aliphatic rings. The van der Waals surface area contributed by atoms with Crippen molar-refractivity contribution in [3.63, 3.8) is 0 Å². The van der Waals surface area contributed by atoms with Crippen LogP contribution in [0.25, 0.3) is 0 Å². The number of nitrogens with one attached hydrogen (secondary N) is 2. The van der Waals surface area contributed by atoms with E-state index in [-0.39, 0.29) is 29.2 Å². The monoisotopic (exact) mass is 441 g/mol. The number of nitrogens with zero attached hydrogens (tertiary/aromatic N) is 1. The minimum atomic E-state index is -1.05. The molecule has 2 rings (SSSR count). The standard InChI is InChI=1S/C18H14ClF2N3O6/c19-13-4-2-11(8-15(13)24(28)29)23-16(25)9-30-17(26)5-6-22-18(27)12-3-1-10(20)7-14(12)21/h1-4,7-8H,5-6,9H2,(H,22,27)(H,23,25). The van der Waals surface area contributed by atoms with Gasteiger partial charge in [0, 0.05) is 24.4 Å². The second-order valence-electron chi connectivity index (χ2n) is 5.76. The normalized spacial score (nSPS) is 10.2. The van der Waals surface area contributed by atoms with E-state index in [1.165, 1.54) is 12.1 Å². The Morgan fingerprint density at radius 2 is 1.87 bits per heavy atom. The van der Waals surface area contributed by atoms with Gasteiger partial charge in [-0.05, 0) is 24.3 Å². The van der Waals surface area contributed by atoms with Crippen molar-refractivity contribution in [1.82, 2.24) is 5.32 Å². The molecule has 0 fully saturated rings. The smallest absolute Gasteiger partial charge is 0.308 e. The number of amides is 2. The van der Waals surface area contributed by atoms with Gasteiger partial charge in [-0.1, -0.05) is 11.6 Å². The molecule has 12 heteroatoms. The van der Waals surface area contributed by atoms with Crippen molar-refractivity contribution < 1.29 is 32.8 Å². The Hall–Kier alpha value is -3.60. The number of esters is 1. The lowest BCUT2D eigenvalue weighted by Crippen LogP contribution is -2.28. The number of hydrogen-bond acceptors (Lipinski definition) is 6. The number of nitro groups is 1. The van der Waals surface area contributed by atoms with Crippen LogP contribution >= 0.6 is 11.6 Å².